The molecule has 3 heteroatoms. The van der Waals surface area contributed by atoms with Gasteiger partial charge in [0, 0.05) is 11.6 Å². The molecule has 2 aromatic carbocycles. The van der Waals surface area contributed by atoms with Crippen LogP contribution in [0.2, 0.25) is 0 Å². The zero-order chi connectivity index (χ0) is 13.4. The summed E-state index contributed by atoms with van der Waals surface area (Å²) in [5.74, 6) is -0.729. The van der Waals surface area contributed by atoms with E-state index in [1.165, 1.54) is 6.08 Å². The van der Waals surface area contributed by atoms with E-state index in [1.54, 1.807) is 6.08 Å². The van der Waals surface area contributed by atoms with Gasteiger partial charge in [0.15, 0.2) is 0 Å². The summed E-state index contributed by atoms with van der Waals surface area (Å²) in [7, 11) is 0. The summed E-state index contributed by atoms with van der Waals surface area (Å²) in [6, 6.07) is 11.6. The molecule has 2 aromatic rings. The number of imide groups is 1. The minimum Gasteiger partial charge on any atom is -0.289 e. The molecule has 0 spiro atoms. The highest BCUT2D eigenvalue weighted by atomic mass is 16.2. The van der Waals surface area contributed by atoms with Crippen LogP contribution in [0.1, 0.15) is 11.1 Å². The van der Waals surface area contributed by atoms with Gasteiger partial charge in [0.25, 0.3) is 11.8 Å². The van der Waals surface area contributed by atoms with Crippen LogP contribution >= 0.6 is 0 Å². The second-order valence-corrected chi connectivity index (χ2v) is 4.33. The maximum absolute atomic E-state index is 11.9. The molecule has 3 nitrogen and oxygen atoms in total. The van der Waals surface area contributed by atoms with E-state index >= 15 is 0 Å². The van der Waals surface area contributed by atoms with Crippen LogP contribution in [0.15, 0.2) is 49.1 Å². The number of rotatable bonds is 2. The van der Waals surface area contributed by atoms with Crippen molar-refractivity contribution in [3.05, 3.63) is 60.2 Å². The smallest absolute Gasteiger partial charge is 0.258 e. The van der Waals surface area contributed by atoms with Crippen molar-refractivity contribution in [1.29, 1.82) is 0 Å². The number of amides is 2. The van der Waals surface area contributed by atoms with Crippen molar-refractivity contribution in [2.24, 2.45) is 0 Å². The van der Waals surface area contributed by atoms with Crippen LogP contribution < -0.4 is 5.32 Å². The molecule has 0 radical (unpaired) electrons. The fraction of sp³-hybridized carbons (Fsp3) is 0. The van der Waals surface area contributed by atoms with Crippen molar-refractivity contribution < 1.29 is 9.59 Å². The second-order valence-electron chi connectivity index (χ2n) is 4.33. The minimum absolute atomic E-state index is 0.357. The lowest BCUT2D eigenvalue weighted by molar-refractivity contribution is -0.123. The molecule has 1 aliphatic heterocycles. The quantitative estimate of drug-likeness (QED) is 0.831. The van der Waals surface area contributed by atoms with Gasteiger partial charge in [-0.15, -0.1) is 0 Å². The third-order valence-corrected chi connectivity index (χ3v) is 3.21. The second kappa shape index (κ2) is 4.21. The van der Waals surface area contributed by atoms with E-state index in [1.807, 2.05) is 36.4 Å². The van der Waals surface area contributed by atoms with Gasteiger partial charge in [0.05, 0.1) is 5.57 Å². The summed E-state index contributed by atoms with van der Waals surface area (Å²) in [4.78, 5) is 23.2. The molecule has 0 aliphatic carbocycles. The van der Waals surface area contributed by atoms with E-state index in [0.29, 0.717) is 5.57 Å². The van der Waals surface area contributed by atoms with Crippen LogP contribution in [-0.2, 0) is 9.59 Å². The molecule has 0 bridgehead atoms. The van der Waals surface area contributed by atoms with Crippen molar-refractivity contribution in [3.63, 3.8) is 0 Å². The standard InChI is InChI=1S/C16H11NO2/c1-2-10-7-8-11-5-3-4-6-12(11)15(10)13-9-14(18)17-16(13)19/h2-9H,1H2,(H,17,18,19). The van der Waals surface area contributed by atoms with Gasteiger partial charge in [-0.1, -0.05) is 49.1 Å². The van der Waals surface area contributed by atoms with E-state index in [-0.39, 0.29) is 11.8 Å². The first kappa shape index (κ1) is 11.4. The van der Waals surface area contributed by atoms with Crippen LogP contribution in [-0.4, -0.2) is 11.8 Å². The van der Waals surface area contributed by atoms with Gasteiger partial charge >= 0.3 is 0 Å². The third kappa shape index (κ3) is 1.76. The molecule has 1 N–H and O–H groups in total. The zero-order valence-electron chi connectivity index (χ0n) is 10.1. The molecule has 0 fully saturated rings. The van der Waals surface area contributed by atoms with Gasteiger partial charge < -0.3 is 0 Å². The van der Waals surface area contributed by atoms with Crippen molar-refractivity contribution in [2.45, 2.75) is 0 Å². The summed E-state index contributed by atoms with van der Waals surface area (Å²) in [6.07, 6.45) is 3.04. The molecule has 0 saturated heterocycles. The average molecular weight is 249 g/mol. The SMILES string of the molecule is C=Cc1ccc2ccccc2c1C1=CC(=O)NC1=O. The van der Waals surface area contributed by atoms with Gasteiger partial charge in [-0.05, 0) is 16.3 Å². The Hall–Kier alpha value is -2.68. The van der Waals surface area contributed by atoms with Gasteiger partial charge in [0.1, 0.15) is 0 Å². The Labute approximate surface area is 110 Å². The maximum atomic E-state index is 11.9. The van der Waals surface area contributed by atoms with Crippen LogP contribution in [0.25, 0.3) is 22.4 Å². The summed E-state index contributed by atoms with van der Waals surface area (Å²) < 4.78 is 0. The summed E-state index contributed by atoms with van der Waals surface area (Å²) in [5, 5.41) is 4.24. The van der Waals surface area contributed by atoms with Crippen LogP contribution in [0, 0.1) is 0 Å². The fourth-order valence-corrected chi connectivity index (χ4v) is 2.36. The highest BCUT2D eigenvalue weighted by Gasteiger charge is 2.24. The highest BCUT2D eigenvalue weighted by molar-refractivity contribution is 6.35. The normalized spacial score (nSPS) is 14.4. The molecule has 0 atom stereocenters. The first-order chi connectivity index (χ1) is 9.20. The summed E-state index contributed by atoms with van der Waals surface area (Å²) in [6.45, 7) is 3.77. The molecule has 1 aliphatic rings. The monoisotopic (exact) mass is 249 g/mol. The molecule has 2 amide bonds. The van der Waals surface area contributed by atoms with Gasteiger partial charge in [-0.3, -0.25) is 14.9 Å². The van der Waals surface area contributed by atoms with Crippen LogP contribution in [0.5, 0.6) is 0 Å². The number of nitrogens with one attached hydrogen (secondary N) is 1. The predicted octanol–water partition coefficient (Wildman–Crippen LogP) is 2.52. The van der Waals surface area contributed by atoms with Gasteiger partial charge in [-0.2, -0.15) is 0 Å². The Balaban J connectivity index is 2.38. The van der Waals surface area contributed by atoms with E-state index < -0.39 is 0 Å². The summed E-state index contributed by atoms with van der Waals surface area (Å²) >= 11 is 0. The lowest BCUT2D eigenvalue weighted by atomic mass is 9.93. The number of carbonyl (C=O) groups is 2. The topological polar surface area (TPSA) is 46.2 Å². The number of fused-ring (bicyclic) bond motifs is 1. The molecule has 0 unspecified atom stereocenters. The fourth-order valence-electron chi connectivity index (χ4n) is 2.36. The van der Waals surface area contributed by atoms with E-state index in [4.69, 9.17) is 0 Å². The van der Waals surface area contributed by atoms with E-state index in [9.17, 15) is 9.59 Å². The Bertz CT molecular complexity index is 756. The first-order valence-corrected chi connectivity index (χ1v) is 5.92. The molecule has 3 rings (SSSR count). The lowest BCUT2D eigenvalue weighted by Crippen LogP contribution is -2.22. The number of carbonyl (C=O) groups excluding carboxylic acids is 2. The number of benzene rings is 2. The van der Waals surface area contributed by atoms with Gasteiger partial charge in [0.2, 0.25) is 0 Å². The molecule has 92 valence electrons. The maximum Gasteiger partial charge on any atom is 0.258 e. The Morgan fingerprint density at radius 3 is 2.53 bits per heavy atom. The zero-order valence-corrected chi connectivity index (χ0v) is 10.1. The molecular weight excluding hydrogens is 238 g/mol. The van der Waals surface area contributed by atoms with E-state index in [0.717, 1.165) is 21.9 Å². The Morgan fingerprint density at radius 1 is 1.05 bits per heavy atom. The molecular formula is C16H11NO2. The predicted molar refractivity (Wildman–Crippen MR) is 75.2 cm³/mol. The molecule has 19 heavy (non-hydrogen) atoms. The van der Waals surface area contributed by atoms with Crippen molar-refractivity contribution in [3.8, 4) is 0 Å². The highest BCUT2D eigenvalue weighted by Crippen LogP contribution is 2.31. The number of hydrogen-bond donors (Lipinski definition) is 1. The van der Waals surface area contributed by atoms with Crippen LogP contribution in [0.3, 0.4) is 0 Å². The molecule has 0 aromatic heterocycles. The molecule has 1 heterocycles. The molecule has 0 saturated carbocycles. The largest absolute Gasteiger partial charge is 0.289 e. The Kier molecular flexibility index (Phi) is 2.53. The third-order valence-electron chi connectivity index (χ3n) is 3.21. The number of hydrogen-bond acceptors (Lipinski definition) is 2. The lowest BCUT2D eigenvalue weighted by Gasteiger charge is -2.10. The van der Waals surface area contributed by atoms with Crippen molar-refractivity contribution >= 4 is 34.2 Å². The minimum atomic E-state index is -0.372. The average Bonchev–Trinajstić information content (AvgIpc) is 2.76. The first-order valence-electron chi connectivity index (χ1n) is 5.92. The van der Waals surface area contributed by atoms with E-state index in [2.05, 4.69) is 11.9 Å². The van der Waals surface area contributed by atoms with Crippen LogP contribution in [0.4, 0.5) is 0 Å². The van der Waals surface area contributed by atoms with Crippen molar-refractivity contribution in [2.75, 3.05) is 0 Å². The summed E-state index contributed by atoms with van der Waals surface area (Å²) in [5.41, 5.74) is 2.00. The van der Waals surface area contributed by atoms with Gasteiger partial charge in [-0.25, -0.2) is 0 Å². The Morgan fingerprint density at radius 2 is 1.84 bits per heavy atom. The van der Waals surface area contributed by atoms with Crippen molar-refractivity contribution in [1.82, 2.24) is 5.32 Å².